The van der Waals surface area contributed by atoms with E-state index in [9.17, 15) is 14.4 Å². The highest BCUT2D eigenvalue weighted by molar-refractivity contribution is 7.99. The van der Waals surface area contributed by atoms with Crippen LogP contribution in [0.25, 0.3) is 5.69 Å². The Kier molecular flexibility index (Phi) is 3.50. The van der Waals surface area contributed by atoms with Crippen LogP contribution in [-0.2, 0) is 0 Å². The molecule has 112 valence electrons. The zero-order valence-corrected chi connectivity index (χ0v) is 12.6. The van der Waals surface area contributed by atoms with Crippen LogP contribution in [0.1, 0.15) is 27.6 Å². The number of amides is 2. The topological polar surface area (TPSA) is 94.2 Å². The van der Waals surface area contributed by atoms with Crippen molar-refractivity contribution in [3.63, 3.8) is 0 Å². The van der Waals surface area contributed by atoms with E-state index in [0.717, 1.165) is 16.7 Å². The predicted molar refractivity (Wildman–Crippen MR) is 84.6 cm³/mol. The standard InChI is InChI=1S/C15H13N3O3S/c1-2-22-9-5-3-8(4-6-9)18-11(19)7-10-12(13(18)16)15(21)17-14(10)20/h3-7H,2,16H2,1H3,(H,17,20,21). The normalized spacial score (nSPS) is 13.1. The second kappa shape index (κ2) is 5.34. The fraction of sp³-hybridized carbons (Fsp3) is 0.133. The van der Waals surface area contributed by atoms with Crippen LogP contribution in [0.5, 0.6) is 0 Å². The second-order valence-corrected chi connectivity index (χ2v) is 6.04. The Morgan fingerprint density at radius 1 is 1.14 bits per heavy atom. The van der Waals surface area contributed by atoms with Crippen molar-refractivity contribution in [2.45, 2.75) is 11.8 Å². The van der Waals surface area contributed by atoms with Gasteiger partial charge in [-0.05, 0) is 30.0 Å². The fourth-order valence-corrected chi connectivity index (χ4v) is 3.07. The van der Waals surface area contributed by atoms with Gasteiger partial charge in [-0.2, -0.15) is 0 Å². The number of nitrogens with zero attached hydrogens (tertiary/aromatic N) is 1. The molecule has 0 fully saturated rings. The van der Waals surface area contributed by atoms with Crippen molar-refractivity contribution in [1.29, 1.82) is 0 Å². The Labute approximate surface area is 130 Å². The highest BCUT2D eigenvalue weighted by atomic mass is 32.2. The molecule has 0 aliphatic carbocycles. The summed E-state index contributed by atoms with van der Waals surface area (Å²) in [5.41, 5.74) is 6.15. The highest BCUT2D eigenvalue weighted by Crippen LogP contribution is 2.24. The first-order chi connectivity index (χ1) is 10.5. The zero-order valence-electron chi connectivity index (χ0n) is 11.8. The number of hydrogen-bond acceptors (Lipinski definition) is 5. The van der Waals surface area contributed by atoms with Gasteiger partial charge in [-0.1, -0.05) is 6.92 Å². The van der Waals surface area contributed by atoms with Crippen molar-refractivity contribution in [1.82, 2.24) is 9.88 Å². The van der Waals surface area contributed by atoms with Gasteiger partial charge in [-0.25, -0.2) is 0 Å². The molecular formula is C15H13N3O3S. The highest BCUT2D eigenvalue weighted by Gasteiger charge is 2.31. The molecule has 6 nitrogen and oxygen atoms in total. The maximum absolute atomic E-state index is 12.2. The SMILES string of the molecule is CCSc1ccc(-n2c(N)c3c(cc2=O)C(=O)NC3=O)cc1. The minimum absolute atomic E-state index is 0.0262. The summed E-state index contributed by atoms with van der Waals surface area (Å²) in [7, 11) is 0. The third-order valence-corrected chi connectivity index (χ3v) is 4.25. The van der Waals surface area contributed by atoms with Gasteiger partial charge in [0.15, 0.2) is 0 Å². The number of carbonyl (C=O) groups excluding carboxylic acids is 2. The molecule has 0 radical (unpaired) electrons. The molecule has 3 rings (SSSR count). The lowest BCUT2D eigenvalue weighted by atomic mass is 10.1. The van der Waals surface area contributed by atoms with Gasteiger partial charge in [0, 0.05) is 11.0 Å². The number of anilines is 1. The molecule has 2 heterocycles. The van der Waals surface area contributed by atoms with Gasteiger partial charge in [-0.15, -0.1) is 11.8 Å². The van der Waals surface area contributed by atoms with Crippen LogP contribution in [0, 0.1) is 0 Å². The van der Waals surface area contributed by atoms with E-state index in [4.69, 9.17) is 5.73 Å². The summed E-state index contributed by atoms with van der Waals surface area (Å²) in [6, 6.07) is 8.43. The molecule has 0 unspecified atom stereocenters. The molecule has 3 N–H and O–H groups in total. The molecule has 0 spiro atoms. The number of nitrogen functional groups attached to an aromatic ring is 1. The molecular weight excluding hydrogens is 302 g/mol. The van der Waals surface area contributed by atoms with Gasteiger partial charge in [-0.3, -0.25) is 24.3 Å². The average Bonchev–Trinajstić information content (AvgIpc) is 2.76. The number of benzene rings is 1. The smallest absolute Gasteiger partial charge is 0.262 e. The molecule has 22 heavy (non-hydrogen) atoms. The van der Waals surface area contributed by atoms with Crippen molar-refractivity contribution >= 4 is 29.4 Å². The van der Waals surface area contributed by atoms with E-state index in [1.807, 2.05) is 12.1 Å². The van der Waals surface area contributed by atoms with Gasteiger partial charge in [0.1, 0.15) is 5.82 Å². The van der Waals surface area contributed by atoms with Gasteiger partial charge in [0.05, 0.1) is 16.8 Å². The molecule has 0 bridgehead atoms. The van der Waals surface area contributed by atoms with E-state index in [1.165, 1.54) is 4.57 Å². The predicted octanol–water partition coefficient (Wildman–Crippen LogP) is 1.42. The van der Waals surface area contributed by atoms with E-state index in [2.05, 4.69) is 12.2 Å². The quantitative estimate of drug-likeness (QED) is 0.660. The van der Waals surface area contributed by atoms with Crippen molar-refractivity contribution in [2.75, 3.05) is 11.5 Å². The number of fused-ring (bicyclic) bond motifs is 1. The first-order valence-electron chi connectivity index (χ1n) is 6.67. The summed E-state index contributed by atoms with van der Waals surface area (Å²) in [4.78, 5) is 36.7. The third kappa shape index (κ3) is 2.19. The number of imide groups is 1. The number of nitrogens with two attached hydrogens (primary N) is 1. The van der Waals surface area contributed by atoms with E-state index < -0.39 is 17.4 Å². The van der Waals surface area contributed by atoms with Crippen molar-refractivity contribution < 1.29 is 9.59 Å². The maximum Gasteiger partial charge on any atom is 0.262 e. The molecule has 2 amide bonds. The Morgan fingerprint density at radius 2 is 1.82 bits per heavy atom. The minimum atomic E-state index is -0.592. The van der Waals surface area contributed by atoms with E-state index in [-0.39, 0.29) is 16.9 Å². The van der Waals surface area contributed by atoms with Crippen LogP contribution in [0.2, 0.25) is 0 Å². The van der Waals surface area contributed by atoms with Crippen LogP contribution in [-0.4, -0.2) is 22.1 Å². The van der Waals surface area contributed by atoms with Crippen molar-refractivity contribution in [2.24, 2.45) is 0 Å². The number of pyridine rings is 1. The number of hydrogen-bond donors (Lipinski definition) is 2. The summed E-state index contributed by atoms with van der Waals surface area (Å²) in [6.45, 7) is 2.05. The van der Waals surface area contributed by atoms with Gasteiger partial charge in [0.2, 0.25) is 0 Å². The van der Waals surface area contributed by atoms with Gasteiger partial charge < -0.3 is 5.73 Å². The molecule has 7 heteroatoms. The number of carbonyl (C=O) groups is 2. The molecule has 1 aliphatic rings. The summed E-state index contributed by atoms with van der Waals surface area (Å²) in [5.74, 6) is -0.250. The number of rotatable bonds is 3. The summed E-state index contributed by atoms with van der Waals surface area (Å²) in [5, 5.41) is 2.14. The molecule has 2 aromatic rings. The summed E-state index contributed by atoms with van der Waals surface area (Å²) >= 11 is 1.68. The minimum Gasteiger partial charge on any atom is -0.384 e. The van der Waals surface area contributed by atoms with Crippen LogP contribution in [0.3, 0.4) is 0 Å². The lowest BCUT2D eigenvalue weighted by molar-refractivity contribution is 0.0880. The summed E-state index contributed by atoms with van der Waals surface area (Å²) in [6.07, 6.45) is 0. The molecule has 0 saturated carbocycles. The largest absolute Gasteiger partial charge is 0.384 e. The molecule has 0 saturated heterocycles. The van der Waals surface area contributed by atoms with E-state index >= 15 is 0 Å². The average molecular weight is 315 g/mol. The fourth-order valence-electron chi connectivity index (χ4n) is 2.40. The Balaban J connectivity index is 2.16. The van der Waals surface area contributed by atoms with Crippen molar-refractivity contribution in [3.05, 3.63) is 51.8 Å². The monoisotopic (exact) mass is 315 g/mol. The van der Waals surface area contributed by atoms with Crippen molar-refractivity contribution in [3.8, 4) is 5.69 Å². The first kappa shape index (κ1) is 14.4. The van der Waals surface area contributed by atoms with Gasteiger partial charge in [0.25, 0.3) is 17.4 Å². The number of aromatic nitrogens is 1. The molecule has 1 aliphatic heterocycles. The van der Waals surface area contributed by atoms with E-state index in [1.54, 1.807) is 23.9 Å². The lowest BCUT2D eigenvalue weighted by Gasteiger charge is -2.12. The number of nitrogens with one attached hydrogen (secondary N) is 1. The summed E-state index contributed by atoms with van der Waals surface area (Å²) < 4.78 is 1.23. The van der Waals surface area contributed by atoms with E-state index in [0.29, 0.717) is 5.69 Å². The zero-order chi connectivity index (χ0) is 15.9. The second-order valence-electron chi connectivity index (χ2n) is 4.70. The van der Waals surface area contributed by atoms with Crippen LogP contribution in [0.15, 0.2) is 40.0 Å². The molecule has 1 aromatic carbocycles. The number of thioether (sulfide) groups is 1. The third-order valence-electron chi connectivity index (χ3n) is 3.36. The molecule has 1 aromatic heterocycles. The Morgan fingerprint density at radius 3 is 2.45 bits per heavy atom. The van der Waals surface area contributed by atoms with Crippen LogP contribution < -0.4 is 16.6 Å². The maximum atomic E-state index is 12.2. The Hall–Kier alpha value is -2.54. The Bertz CT molecular complexity index is 840. The van der Waals surface area contributed by atoms with Gasteiger partial charge >= 0.3 is 0 Å². The molecule has 0 atom stereocenters. The lowest BCUT2D eigenvalue weighted by Crippen LogP contribution is -2.24. The van der Waals surface area contributed by atoms with Crippen LogP contribution in [0.4, 0.5) is 5.82 Å². The first-order valence-corrected chi connectivity index (χ1v) is 7.66. The van der Waals surface area contributed by atoms with Crippen LogP contribution >= 0.6 is 11.8 Å².